The summed E-state index contributed by atoms with van der Waals surface area (Å²) < 4.78 is 6.78. The number of hydrogen-bond acceptors (Lipinski definition) is 2. The van der Waals surface area contributed by atoms with E-state index in [1.807, 2.05) is 12.1 Å². The fourth-order valence-electron chi connectivity index (χ4n) is 1.43. The van der Waals surface area contributed by atoms with E-state index in [4.69, 9.17) is 22.7 Å². The Kier molecular flexibility index (Phi) is 5.22. The zero-order chi connectivity index (χ0) is 12.1. The number of aryl methyl sites for hydroxylation is 2. The third kappa shape index (κ3) is 4.10. The second kappa shape index (κ2) is 6.21. The zero-order valence-corrected chi connectivity index (χ0v) is 12.0. The number of thiocarbonyl (C=S) groups is 1. The fraction of sp³-hybridized carbons (Fsp3) is 0.417. The molecule has 88 valence electrons. The smallest absolute Gasteiger partial charge is 0.119 e. The standard InChI is InChI=1S/C12H16BrNOS/c1-8-6-10(7-9(2)12(8)13)15-5-3-4-11(14)16/h6-7H,3-5H2,1-2H3,(H2,14,16). The van der Waals surface area contributed by atoms with Crippen molar-refractivity contribution in [3.8, 4) is 5.75 Å². The SMILES string of the molecule is Cc1cc(OCCCC(N)=S)cc(C)c1Br. The summed E-state index contributed by atoms with van der Waals surface area (Å²) in [5.41, 5.74) is 7.78. The quantitative estimate of drug-likeness (QED) is 0.668. The van der Waals surface area contributed by atoms with E-state index < -0.39 is 0 Å². The Labute approximate surface area is 110 Å². The lowest BCUT2D eigenvalue weighted by Crippen LogP contribution is -2.09. The van der Waals surface area contributed by atoms with Crippen LogP contribution in [0, 0.1) is 13.8 Å². The maximum atomic E-state index is 5.64. The molecule has 2 nitrogen and oxygen atoms in total. The molecule has 0 aromatic heterocycles. The minimum Gasteiger partial charge on any atom is -0.494 e. The highest BCUT2D eigenvalue weighted by atomic mass is 79.9. The highest BCUT2D eigenvalue weighted by Crippen LogP contribution is 2.26. The van der Waals surface area contributed by atoms with Gasteiger partial charge in [0.1, 0.15) is 5.75 Å². The van der Waals surface area contributed by atoms with Gasteiger partial charge in [-0.1, -0.05) is 28.1 Å². The van der Waals surface area contributed by atoms with Gasteiger partial charge in [-0.25, -0.2) is 0 Å². The number of nitrogens with two attached hydrogens (primary N) is 1. The van der Waals surface area contributed by atoms with Crippen molar-refractivity contribution < 1.29 is 4.74 Å². The van der Waals surface area contributed by atoms with Crippen LogP contribution in [0.5, 0.6) is 5.75 Å². The first-order chi connectivity index (χ1) is 7.50. The van der Waals surface area contributed by atoms with E-state index in [9.17, 15) is 0 Å². The second-order valence-electron chi connectivity index (χ2n) is 3.79. The number of rotatable bonds is 5. The summed E-state index contributed by atoms with van der Waals surface area (Å²) >= 11 is 8.33. The topological polar surface area (TPSA) is 35.2 Å². The normalized spacial score (nSPS) is 10.2. The molecule has 0 aliphatic carbocycles. The summed E-state index contributed by atoms with van der Waals surface area (Å²) in [4.78, 5) is 0.548. The van der Waals surface area contributed by atoms with Crippen LogP contribution in [0.25, 0.3) is 0 Å². The van der Waals surface area contributed by atoms with Crippen LogP contribution in [0.4, 0.5) is 0 Å². The molecule has 0 aliphatic rings. The zero-order valence-electron chi connectivity index (χ0n) is 9.55. The molecule has 0 unspecified atom stereocenters. The van der Waals surface area contributed by atoms with Crippen molar-refractivity contribution in [2.75, 3.05) is 6.61 Å². The molecule has 0 spiro atoms. The minimum absolute atomic E-state index is 0.548. The van der Waals surface area contributed by atoms with Crippen LogP contribution in [0.3, 0.4) is 0 Å². The molecule has 4 heteroatoms. The van der Waals surface area contributed by atoms with Crippen LogP contribution >= 0.6 is 28.1 Å². The van der Waals surface area contributed by atoms with E-state index in [2.05, 4.69) is 29.8 Å². The summed E-state index contributed by atoms with van der Waals surface area (Å²) in [6.45, 7) is 4.76. The van der Waals surface area contributed by atoms with Gasteiger partial charge in [0, 0.05) is 10.9 Å². The van der Waals surface area contributed by atoms with Crippen LogP contribution in [-0.2, 0) is 0 Å². The molecule has 0 saturated carbocycles. The molecular weight excluding hydrogens is 286 g/mol. The maximum Gasteiger partial charge on any atom is 0.119 e. The molecule has 2 N–H and O–H groups in total. The average molecular weight is 302 g/mol. The lowest BCUT2D eigenvalue weighted by atomic mass is 10.1. The van der Waals surface area contributed by atoms with Gasteiger partial charge in [0.15, 0.2) is 0 Å². The Bertz CT molecular complexity index is 370. The predicted molar refractivity (Wildman–Crippen MR) is 75.1 cm³/mol. The number of halogens is 1. The van der Waals surface area contributed by atoms with Gasteiger partial charge in [-0.15, -0.1) is 0 Å². The van der Waals surface area contributed by atoms with Crippen LogP contribution in [0.15, 0.2) is 16.6 Å². The first-order valence-electron chi connectivity index (χ1n) is 5.18. The minimum atomic E-state index is 0.548. The van der Waals surface area contributed by atoms with Crippen molar-refractivity contribution in [3.05, 3.63) is 27.7 Å². The summed E-state index contributed by atoms with van der Waals surface area (Å²) in [5, 5.41) is 0. The van der Waals surface area contributed by atoms with Gasteiger partial charge in [-0.2, -0.15) is 0 Å². The third-order valence-corrected chi connectivity index (χ3v) is 3.70. The van der Waals surface area contributed by atoms with Gasteiger partial charge in [-0.05, 0) is 43.5 Å². The predicted octanol–water partition coefficient (Wildman–Crippen LogP) is 3.51. The highest BCUT2D eigenvalue weighted by Gasteiger charge is 2.03. The Balaban J connectivity index is 2.52. The van der Waals surface area contributed by atoms with Crippen LogP contribution in [0.2, 0.25) is 0 Å². The molecule has 0 heterocycles. The molecule has 0 atom stereocenters. The molecule has 1 aromatic carbocycles. The summed E-state index contributed by atoms with van der Waals surface area (Å²) in [6, 6.07) is 4.05. The number of benzene rings is 1. The summed E-state index contributed by atoms with van der Waals surface area (Å²) in [6.07, 6.45) is 1.60. The first kappa shape index (κ1) is 13.5. The molecule has 0 saturated heterocycles. The van der Waals surface area contributed by atoms with Gasteiger partial charge < -0.3 is 10.5 Å². The highest BCUT2D eigenvalue weighted by molar-refractivity contribution is 9.10. The van der Waals surface area contributed by atoms with Gasteiger partial charge in [0.25, 0.3) is 0 Å². The number of hydrogen-bond donors (Lipinski definition) is 1. The van der Waals surface area contributed by atoms with Crippen molar-refractivity contribution >= 4 is 33.1 Å². The largest absolute Gasteiger partial charge is 0.494 e. The van der Waals surface area contributed by atoms with Gasteiger partial charge >= 0.3 is 0 Å². The molecule has 0 bridgehead atoms. The van der Waals surface area contributed by atoms with Crippen molar-refractivity contribution in [2.24, 2.45) is 5.73 Å². The number of ether oxygens (including phenoxy) is 1. The second-order valence-corrected chi connectivity index (χ2v) is 5.11. The van der Waals surface area contributed by atoms with Crippen LogP contribution in [0.1, 0.15) is 24.0 Å². The van der Waals surface area contributed by atoms with E-state index >= 15 is 0 Å². The fourth-order valence-corrected chi connectivity index (χ4v) is 1.80. The Morgan fingerprint density at radius 2 is 1.94 bits per heavy atom. The van der Waals surface area contributed by atoms with Gasteiger partial charge in [0.2, 0.25) is 0 Å². The molecule has 1 rings (SSSR count). The maximum absolute atomic E-state index is 5.64. The van der Waals surface area contributed by atoms with E-state index in [-0.39, 0.29) is 0 Å². The summed E-state index contributed by atoms with van der Waals surface area (Å²) in [7, 11) is 0. The third-order valence-electron chi connectivity index (χ3n) is 2.25. The Morgan fingerprint density at radius 1 is 1.38 bits per heavy atom. The van der Waals surface area contributed by atoms with E-state index in [1.165, 1.54) is 11.1 Å². The Morgan fingerprint density at radius 3 is 2.44 bits per heavy atom. The van der Waals surface area contributed by atoms with Crippen molar-refractivity contribution in [3.63, 3.8) is 0 Å². The first-order valence-corrected chi connectivity index (χ1v) is 6.38. The Hall–Kier alpha value is -0.610. The molecule has 0 aliphatic heterocycles. The molecule has 16 heavy (non-hydrogen) atoms. The van der Waals surface area contributed by atoms with Crippen molar-refractivity contribution in [2.45, 2.75) is 26.7 Å². The average Bonchev–Trinajstić information content (AvgIpc) is 2.20. The molecule has 0 radical (unpaired) electrons. The van der Waals surface area contributed by atoms with Crippen molar-refractivity contribution in [1.29, 1.82) is 0 Å². The molecular formula is C12H16BrNOS. The van der Waals surface area contributed by atoms with E-state index in [0.717, 1.165) is 23.1 Å². The molecule has 1 aromatic rings. The lowest BCUT2D eigenvalue weighted by Gasteiger charge is -2.09. The molecule has 0 amide bonds. The van der Waals surface area contributed by atoms with Crippen molar-refractivity contribution in [1.82, 2.24) is 0 Å². The van der Waals surface area contributed by atoms with Gasteiger partial charge in [-0.3, -0.25) is 0 Å². The summed E-state index contributed by atoms with van der Waals surface area (Å²) in [5.74, 6) is 0.904. The monoisotopic (exact) mass is 301 g/mol. The van der Waals surface area contributed by atoms with Crippen LogP contribution in [-0.4, -0.2) is 11.6 Å². The van der Waals surface area contributed by atoms with E-state index in [0.29, 0.717) is 11.6 Å². The lowest BCUT2D eigenvalue weighted by molar-refractivity contribution is 0.313. The molecule has 0 fully saturated rings. The van der Waals surface area contributed by atoms with Crippen LogP contribution < -0.4 is 10.5 Å². The van der Waals surface area contributed by atoms with Gasteiger partial charge in [0.05, 0.1) is 11.6 Å². The van der Waals surface area contributed by atoms with E-state index in [1.54, 1.807) is 0 Å².